The van der Waals surface area contributed by atoms with Crippen LogP contribution >= 0.6 is 0 Å². The van der Waals surface area contributed by atoms with Gasteiger partial charge >= 0.3 is 0 Å². The maximum absolute atomic E-state index is 5.90. The number of nitrogens with zero attached hydrogens (tertiary/aromatic N) is 1. The van der Waals surface area contributed by atoms with Gasteiger partial charge in [-0.15, -0.1) is 0 Å². The van der Waals surface area contributed by atoms with Crippen LogP contribution in [-0.4, -0.2) is 24.0 Å². The number of hydrogen-bond donors (Lipinski definition) is 1. The first-order valence-corrected chi connectivity index (χ1v) is 6.85. The molecule has 2 unspecified atom stereocenters. The Morgan fingerprint density at radius 2 is 2.24 bits per heavy atom. The van der Waals surface area contributed by atoms with Crippen molar-refractivity contribution in [3.8, 4) is 0 Å². The topological polar surface area (TPSA) is 29.3 Å². The summed E-state index contributed by atoms with van der Waals surface area (Å²) in [6.45, 7) is 4.25. The Kier molecular flexibility index (Phi) is 2.93. The number of aryl methyl sites for hydroxylation is 2. The van der Waals surface area contributed by atoms with Gasteiger partial charge in [0.15, 0.2) is 0 Å². The van der Waals surface area contributed by atoms with Crippen molar-refractivity contribution < 1.29 is 0 Å². The molecular weight excluding hydrogens is 208 g/mol. The molecule has 1 aromatic rings. The van der Waals surface area contributed by atoms with Gasteiger partial charge < -0.3 is 5.73 Å². The number of rotatable bonds is 2. The van der Waals surface area contributed by atoms with Crippen LogP contribution in [0.25, 0.3) is 0 Å². The molecule has 2 aliphatic rings. The average Bonchev–Trinajstić information content (AvgIpc) is 2.93. The summed E-state index contributed by atoms with van der Waals surface area (Å²) in [5.41, 5.74) is 10.4. The summed E-state index contributed by atoms with van der Waals surface area (Å²) in [7, 11) is 0. The molecule has 17 heavy (non-hydrogen) atoms. The van der Waals surface area contributed by atoms with E-state index in [-0.39, 0.29) is 0 Å². The Morgan fingerprint density at radius 3 is 3.06 bits per heavy atom. The summed E-state index contributed by atoms with van der Waals surface area (Å²) < 4.78 is 0. The van der Waals surface area contributed by atoms with Crippen molar-refractivity contribution in [2.45, 2.75) is 44.7 Å². The van der Waals surface area contributed by atoms with Crippen LogP contribution in [0.5, 0.6) is 0 Å². The lowest BCUT2D eigenvalue weighted by Crippen LogP contribution is -2.37. The normalized spacial score (nSPS) is 28.6. The van der Waals surface area contributed by atoms with Crippen molar-refractivity contribution in [3.63, 3.8) is 0 Å². The van der Waals surface area contributed by atoms with E-state index >= 15 is 0 Å². The zero-order chi connectivity index (χ0) is 11.8. The Hall–Kier alpha value is -0.860. The van der Waals surface area contributed by atoms with Crippen LogP contribution < -0.4 is 5.73 Å². The highest BCUT2D eigenvalue weighted by Gasteiger charge is 2.34. The van der Waals surface area contributed by atoms with E-state index in [1.165, 1.54) is 37.8 Å². The second-order valence-corrected chi connectivity index (χ2v) is 5.53. The first-order valence-electron chi connectivity index (χ1n) is 6.85. The number of nitrogens with two attached hydrogens (primary N) is 1. The van der Waals surface area contributed by atoms with Crippen LogP contribution in [0.2, 0.25) is 0 Å². The molecule has 0 saturated carbocycles. The largest absolute Gasteiger partial charge is 0.329 e. The maximum atomic E-state index is 5.90. The molecule has 0 spiro atoms. The Bertz CT molecular complexity index is 413. The summed E-state index contributed by atoms with van der Waals surface area (Å²) >= 11 is 0. The lowest BCUT2D eigenvalue weighted by Gasteiger charge is -2.30. The van der Waals surface area contributed by atoms with Crippen LogP contribution in [0, 0.1) is 6.92 Å². The van der Waals surface area contributed by atoms with Gasteiger partial charge in [-0.1, -0.05) is 23.8 Å². The van der Waals surface area contributed by atoms with E-state index in [9.17, 15) is 0 Å². The van der Waals surface area contributed by atoms with E-state index < -0.39 is 0 Å². The van der Waals surface area contributed by atoms with Crippen molar-refractivity contribution in [2.75, 3.05) is 13.1 Å². The molecule has 2 N–H and O–H groups in total. The Balaban J connectivity index is 1.90. The van der Waals surface area contributed by atoms with Gasteiger partial charge in [0.1, 0.15) is 0 Å². The smallest absolute Gasteiger partial charge is 0.0357 e. The van der Waals surface area contributed by atoms with Crippen molar-refractivity contribution in [1.82, 2.24) is 4.90 Å². The van der Waals surface area contributed by atoms with Crippen LogP contribution in [0.4, 0.5) is 0 Å². The minimum Gasteiger partial charge on any atom is -0.329 e. The third-order valence-electron chi connectivity index (χ3n) is 4.44. The number of likely N-dealkylation sites (tertiary alicyclic amines) is 1. The molecule has 3 rings (SSSR count). The molecule has 0 bridgehead atoms. The van der Waals surface area contributed by atoms with E-state index in [1.807, 2.05) is 0 Å². The second kappa shape index (κ2) is 4.43. The highest BCUT2D eigenvalue weighted by molar-refractivity contribution is 5.38. The molecule has 1 saturated heterocycles. The van der Waals surface area contributed by atoms with Gasteiger partial charge in [0.05, 0.1) is 0 Å². The maximum Gasteiger partial charge on any atom is 0.0357 e. The predicted octanol–water partition coefficient (Wildman–Crippen LogP) is 2.41. The highest BCUT2D eigenvalue weighted by atomic mass is 15.2. The van der Waals surface area contributed by atoms with Gasteiger partial charge in [0, 0.05) is 18.6 Å². The number of fused-ring (bicyclic) bond motifs is 1. The van der Waals surface area contributed by atoms with Gasteiger partial charge in [0.2, 0.25) is 0 Å². The molecule has 2 atom stereocenters. The lowest BCUT2D eigenvalue weighted by atomic mass is 10.0. The van der Waals surface area contributed by atoms with Gasteiger partial charge in [-0.2, -0.15) is 0 Å². The molecule has 2 nitrogen and oxygen atoms in total. The quantitative estimate of drug-likeness (QED) is 0.845. The summed E-state index contributed by atoms with van der Waals surface area (Å²) in [5, 5.41) is 0. The van der Waals surface area contributed by atoms with Crippen molar-refractivity contribution in [1.29, 1.82) is 0 Å². The minimum atomic E-state index is 0.617. The first kappa shape index (κ1) is 11.2. The van der Waals surface area contributed by atoms with Crippen LogP contribution in [0.1, 0.15) is 42.0 Å². The standard InChI is InChI=1S/C15H22N2/c1-11-4-5-12-6-7-15(14(12)9-11)17-8-2-3-13(17)10-16/h4-5,9,13,15H,2-3,6-8,10,16H2,1H3. The Morgan fingerprint density at radius 1 is 1.35 bits per heavy atom. The van der Waals surface area contributed by atoms with Gasteiger partial charge in [-0.25, -0.2) is 0 Å². The fraction of sp³-hybridized carbons (Fsp3) is 0.600. The molecule has 1 aliphatic heterocycles. The number of benzene rings is 1. The fourth-order valence-corrected chi connectivity index (χ4v) is 3.57. The van der Waals surface area contributed by atoms with E-state index in [0.29, 0.717) is 12.1 Å². The fourth-order valence-electron chi connectivity index (χ4n) is 3.57. The molecule has 1 fully saturated rings. The van der Waals surface area contributed by atoms with E-state index in [0.717, 1.165) is 6.54 Å². The molecule has 1 aliphatic carbocycles. The first-order chi connectivity index (χ1) is 8.29. The van der Waals surface area contributed by atoms with Gasteiger partial charge in [-0.05, 0) is 50.3 Å². The summed E-state index contributed by atoms with van der Waals surface area (Å²) in [6, 6.07) is 8.20. The molecular formula is C15H22N2. The van der Waals surface area contributed by atoms with Crippen LogP contribution in [0.15, 0.2) is 18.2 Å². The monoisotopic (exact) mass is 230 g/mol. The Labute approximate surface area is 104 Å². The molecule has 0 aromatic heterocycles. The van der Waals surface area contributed by atoms with Gasteiger partial charge in [0.25, 0.3) is 0 Å². The molecule has 0 amide bonds. The highest BCUT2D eigenvalue weighted by Crippen LogP contribution is 2.39. The number of hydrogen-bond acceptors (Lipinski definition) is 2. The van der Waals surface area contributed by atoms with E-state index in [2.05, 4.69) is 30.0 Å². The lowest BCUT2D eigenvalue weighted by molar-refractivity contribution is 0.183. The van der Waals surface area contributed by atoms with Crippen LogP contribution in [-0.2, 0) is 6.42 Å². The molecule has 1 aromatic carbocycles. The average molecular weight is 230 g/mol. The van der Waals surface area contributed by atoms with Crippen molar-refractivity contribution in [3.05, 3.63) is 34.9 Å². The molecule has 2 heteroatoms. The molecule has 0 radical (unpaired) electrons. The predicted molar refractivity (Wildman–Crippen MR) is 71.0 cm³/mol. The van der Waals surface area contributed by atoms with Crippen molar-refractivity contribution in [2.24, 2.45) is 5.73 Å². The summed E-state index contributed by atoms with van der Waals surface area (Å²) in [5.74, 6) is 0. The summed E-state index contributed by atoms with van der Waals surface area (Å²) in [4.78, 5) is 2.66. The third-order valence-corrected chi connectivity index (χ3v) is 4.44. The second-order valence-electron chi connectivity index (χ2n) is 5.53. The van der Waals surface area contributed by atoms with E-state index in [4.69, 9.17) is 5.73 Å². The zero-order valence-electron chi connectivity index (χ0n) is 10.7. The summed E-state index contributed by atoms with van der Waals surface area (Å²) in [6.07, 6.45) is 5.14. The minimum absolute atomic E-state index is 0.617. The third kappa shape index (κ3) is 1.90. The molecule has 92 valence electrons. The van der Waals surface area contributed by atoms with E-state index in [1.54, 1.807) is 11.1 Å². The zero-order valence-corrected chi connectivity index (χ0v) is 10.7. The van der Waals surface area contributed by atoms with Gasteiger partial charge in [-0.3, -0.25) is 4.90 Å². The SMILES string of the molecule is Cc1ccc2c(c1)C(N1CCCC1CN)CC2. The van der Waals surface area contributed by atoms with Crippen molar-refractivity contribution >= 4 is 0 Å². The van der Waals surface area contributed by atoms with Crippen LogP contribution in [0.3, 0.4) is 0 Å². The molecule has 1 heterocycles.